The van der Waals surface area contributed by atoms with E-state index < -0.39 is 6.04 Å². The number of Topliss-reactive ketones (excluding diaryl/α,β-unsaturated/α-hetero) is 1. The standard InChI is InChI=1S/C26H26N2O5/c1-30-22-13-16(14-23(31-2)26(22)32-3)25-24-19(27-17-7-4-5-8-18(17)28-25)11-15(12-20(24)29)21-9-6-10-33-21/h4-10,13-15,25,27-28H,11-12H2,1-3H3/t15-,25-/m1/s1. The van der Waals surface area contributed by atoms with Crippen LogP contribution < -0.4 is 24.8 Å². The van der Waals surface area contributed by atoms with Crippen LogP contribution >= 0.6 is 0 Å². The van der Waals surface area contributed by atoms with Crippen LogP contribution in [0.3, 0.4) is 0 Å². The van der Waals surface area contributed by atoms with Gasteiger partial charge in [0.05, 0.1) is 45.0 Å². The van der Waals surface area contributed by atoms with Crippen molar-refractivity contribution in [3.05, 3.63) is 77.4 Å². The molecule has 2 aliphatic rings. The van der Waals surface area contributed by atoms with Gasteiger partial charge in [-0.25, -0.2) is 0 Å². The van der Waals surface area contributed by atoms with Crippen LogP contribution in [0.2, 0.25) is 0 Å². The Morgan fingerprint density at radius 3 is 2.27 bits per heavy atom. The Morgan fingerprint density at radius 2 is 1.64 bits per heavy atom. The van der Waals surface area contributed by atoms with E-state index in [1.165, 1.54) is 0 Å². The van der Waals surface area contributed by atoms with Gasteiger partial charge >= 0.3 is 0 Å². The molecule has 2 atom stereocenters. The van der Waals surface area contributed by atoms with Gasteiger partial charge in [0.2, 0.25) is 5.75 Å². The summed E-state index contributed by atoms with van der Waals surface area (Å²) in [5.41, 5.74) is 4.29. The number of methoxy groups -OCH3 is 3. The van der Waals surface area contributed by atoms with E-state index in [9.17, 15) is 4.79 Å². The number of rotatable bonds is 5. The summed E-state index contributed by atoms with van der Waals surface area (Å²) in [5, 5.41) is 7.11. The number of para-hydroxylation sites is 2. The Kier molecular flexibility index (Phi) is 5.46. The fraction of sp³-hybridized carbons (Fsp3) is 0.269. The van der Waals surface area contributed by atoms with Gasteiger partial charge in [-0.05, 0) is 48.4 Å². The van der Waals surface area contributed by atoms with Crippen molar-refractivity contribution < 1.29 is 23.4 Å². The molecule has 33 heavy (non-hydrogen) atoms. The van der Waals surface area contributed by atoms with Crippen molar-refractivity contribution in [1.82, 2.24) is 0 Å². The average molecular weight is 447 g/mol. The monoisotopic (exact) mass is 446 g/mol. The SMILES string of the molecule is COc1cc([C@H]2Nc3ccccc3NC3=C2C(=O)C[C@H](c2ccco2)C3)cc(OC)c1OC. The van der Waals surface area contributed by atoms with Gasteiger partial charge in [-0.3, -0.25) is 4.79 Å². The van der Waals surface area contributed by atoms with E-state index in [1.54, 1.807) is 27.6 Å². The van der Waals surface area contributed by atoms with E-state index >= 15 is 0 Å². The van der Waals surface area contributed by atoms with Gasteiger partial charge in [0, 0.05) is 23.6 Å². The van der Waals surface area contributed by atoms with Crippen LogP contribution in [0, 0.1) is 0 Å². The largest absolute Gasteiger partial charge is 0.493 e. The van der Waals surface area contributed by atoms with E-state index in [0.29, 0.717) is 35.7 Å². The summed E-state index contributed by atoms with van der Waals surface area (Å²) < 4.78 is 22.3. The van der Waals surface area contributed by atoms with E-state index in [2.05, 4.69) is 10.6 Å². The molecule has 0 amide bonds. The third kappa shape index (κ3) is 3.69. The second-order valence-corrected chi connectivity index (χ2v) is 8.14. The topological polar surface area (TPSA) is 82.0 Å². The number of benzene rings is 2. The second kappa shape index (κ2) is 8.58. The minimum absolute atomic E-state index is 0.00963. The van der Waals surface area contributed by atoms with Crippen LogP contribution in [0.15, 0.2) is 70.5 Å². The molecule has 5 rings (SSSR count). The maximum atomic E-state index is 13.6. The van der Waals surface area contributed by atoms with Crippen molar-refractivity contribution in [2.45, 2.75) is 24.8 Å². The van der Waals surface area contributed by atoms with E-state index in [1.807, 2.05) is 48.5 Å². The Hall–Kier alpha value is -3.87. The average Bonchev–Trinajstić information content (AvgIpc) is 3.32. The number of allylic oxidation sites excluding steroid dienone is 1. The zero-order valence-corrected chi connectivity index (χ0v) is 18.8. The Morgan fingerprint density at radius 1 is 0.909 bits per heavy atom. The number of furan rings is 1. The molecular weight excluding hydrogens is 420 g/mol. The molecule has 0 spiro atoms. The van der Waals surface area contributed by atoms with Crippen molar-refractivity contribution >= 4 is 17.2 Å². The molecule has 170 valence electrons. The molecule has 7 nitrogen and oxygen atoms in total. The number of ether oxygens (including phenoxy) is 3. The van der Waals surface area contributed by atoms with Gasteiger partial charge in [-0.1, -0.05) is 12.1 Å². The molecule has 0 radical (unpaired) electrons. The lowest BCUT2D eigenvalue weighted by atomic mass is 9.80. The molecule has 0 bridgehead atoms. The van der Waals surface area contributed by atoms with E-state index in [0.717, 1.165) is 28.4 Å². The summed E-state index contributed by atoms with van der Waals surface area (Å²) in [6, 6.07) is 15.1. The van der Waals surface area contributed by atoms with Gasteiger partial charge in [-0.15, -0.1) is 0 Å². The number of nitrogens with one attached hydrogen (secondary N) is 2. The molecule has 2 aromatic carbocycles. The number of ketones is 1. The van der Waals surface area contributed by atoms with Crippen LogP contribution in [0.4, 0.5) is 11.4 Å². The maximum Gasteiger partial charge on any atom is 0.203 e. The quantitative estimate of drug-likeness (QED) is 0.551. The summed E-state index contributed by atoms with van der Waals surface area (Å²) in [4.78, 5) is 13.6. The lowest BCUT2D eigenvalue weighted by Crippen LogP contribution is -2.26. The van der Waals surface area contributed by atoms with Crippen molar-refractivity contribution in [2.75, 3.05) is 32.0 Å². The summed E-state index contributed by atoms with van der Waals surface area (Å²) in [6.07, 6.45) is 2.71. The molecule has 0 fully saturated rings. The molecule has 1 aliphatic carbocycles. The van der Waals surface area contributed by atoms with Crippen LogP contribution in [0.25, 0.3) is 0 Å². The minimum Gasteiger partial charge on any atom is -0.493 e. The molecule has 1 aromatic heterocycles. The number of carbonyl (C=O) groups is 1. The van der Waals surface area contributed by atoms with Crippen molar-refractivity contribution in [1.29, 1.82) is 0 Å². The predicted octanol–water partition coefficient (Wildman–Crippen LogP) is 5.28. The fourth-order valence-corrected chi connectivity index (χ4v) is 4.74. The Balaban J connectivity index is 1.66. The van der Waals surface area contributed by atoms with Crippen LogP contribution in [-0.4, -0.2) is 27.1 Å². The third-order valence-corrected chi connectivity index (χ3v) is 6.27. The number of anilines is 2. The van der Waals surface area contributed by atoms with Gasteiger partial charge in [0.1, 0.15) is 5.76 Å². The summed E-state index contributed by atoms with van der Waals surface area (Å²) in [7, 11) is 4.75. The van der Waals surface area contributed by atoms with Gasteiger partial charge in [0.15, 0.2) is 17.3 Å². The molecule has 0 saturated carbocycles. The van der Waals surface area contributed by atoms with Gasteiger partial charge < -0.3 is 29.3 Å². The molecule has 0 unspecified atom stereocenters. The van der Waals surface area contributed by atoms with Crippen LogP contribution in [0.1, 0.15) is 36.1 Å². The first-order valence-electron chi connectivity index (χ1n) is 10.8. The Bertz CT molecular complexity index is 1190. The van der Waals surface area contributed by atoms with Crippen molar-refractivity contribution in [3.8, 4) is 17.2 Å². The number of fused-ring (bicyclic) bond motifs is 1. The highest BCUT2D eigenvalue weighted by molar-refractivity contribution is 6.01. The molecule has 2 N–H and O–H groups in total. The number of carbonyl (C=O) groups excluding carboxylic acids is 1. The summed E-state index contributed by atoms with van der Waals surface area (Å²) in [5.74, 6) is 2.48. The minimum atomic E-state index is -0.394. The maximum absolute atomic E-state index is 13.6. The normalized spacial score (nSPS) is 19.5. The van der Waals surface area contributed by atoms with Crippen LogP contribution in [0.5, 0.6) is 17.2 Å². The zero-order valence-electron chi connectivity index (χ0n) is 18.8. The van der Waals surface area contributed by atoms with E-state index in [-0.39, 0.29) is 11.7 Å². The number of hydrogen-bond donors (Lipinski definition) is 2. The predicted molar refractivity (Wildman–Crippen MR) is 125 cm³/mol. The zero-order chi connectivity index (χ0) is 22.9. The third-order valence-electron chi connectivity index (χ3n) is 6.27. The van der Waals surface area contributed by atoms with Gasteiger partial charge in [0.25, 0.3) is 0 Å². The lowest BCUT2D eigenvalue weighted by Gasteiger charge is -2.29. The first-order chi connectivity index (χ1) is 16.1. The highest BCUT2D eigenvalue weighted by Crippen LogP contribution is 2.47. The first-order valence-corrected chi connectivity index (χ1v) is 10.8. The van der Waals surface area contributed by atoms with Gasteiger partial charge in [-0.2, -0.15) is 0 Å². The molecule has 2 heterocycles. The molecule has 3 aromatic rings. The summed E-state index contributed by atoms with van der Waals surface area (Å²) in [6.45, 7) is 0. The molecule has 7 heteroatoms. The lowest BCUT2D eigenvalue weighted by molar-refractivity contribution is -0.116. The van der Waals surface area contributed by atoms with Crippen molar-refractivity contribution in [3.63, 3.8) is 0 Å². The molecular formula is C26H26N2O5. The van der Waals surface area contributed by atoms with Crippen molar-refractivity contribution in [2.24, 2.45) is 0 Å². The first kappa shape index (κ1) is 21.0. The Labute approximate surface area is 192 Å². The highest BCUT2D eigenvalue weighted by atomic mass is 16.5. The molecule has 0 saturated heterocycles. The van der Waals surface area contributed by atoms with Crippen LogP contribution in [-0.2, 0) is 4.79 Å². The van der Waals surface area contributed by atoms with E-state index in [4.69, 9.17) is 18.6 Å². The summed E-state index contributed by atoms with van der Waals surface area (Å²) >= 11 is 0. The molecule has 1 aliphatic heterocycles. The highest BCUT2D eigenvalue weighted by Gasteiger charge is 2.37. The number of hydrogen-bond acceptors (Lipinski definition) is 7. The second-order valence-electron chi connectivity index (χ2n) is 8.14. The smallest absolute Gasteiger partial charge is 0.203 e. The fourth-order valence-electron chi connectivity index (χ4n) is 4.74.